The monoisotopic (exact) mass is 298 g/mol. The summed E-state index contributed by atoms with van der Waals surface area (Å²) in [7, 11) is 0. The van der Waals surface area contributed by atoms with E-state index in [0.717, 1.165) is 12.8 Å². The fourth-order valence-corrected chi connectivity index (χ4v) is 2.75. The van der Waals surface area contributed by atoms with Gasteiger partial charge in [0.1, 0.15) is 6.04 Å². The average Bonchev–Trinajstić information content (AvgIpc) is 2.85. The van der Waals surface area contributed by atoms with Crippen molar-refractivity contribution in [3.63, 3.8) is 0 Å². The number of carbonyl (C=O) groups excluding carboxylic acids is 2. The minimum Gasteiger partial charge on any atom is -0.396 e. The van der Waals surface area contributed by atoms with Gasteiger partial charge >= 0.3 is 0 Å². The molecule has 0 radical (unpaired) electrons. The smallest absolute Gasteiger partial charge is 0.245 e. The third kappa shape index (κ3) is 4.43. The number of hydrogen-bond acceptors (Lipinski definition) is 3. The molecule has 0 aromatic rings. The Labute approximate surface area is 128 Å². The molecule has 0 aromatic heterocycles. The summed E-state index contributed by atoms with van der Waals surface area (Å²) in [6.07, 6.45) is 2.19. The number of rotatable bonds is 5. The second kappa shape index (κ2) is 7.25. The van der Waals surface area contributed by atoms with E-state index in [1.807, 2.05) is 34.6 Å². The van der Waals surface area contributed by atoms with Crippen molar-refractivity contribution in [2.75, 3.05) is 19.7 Å². The molecule has 0 aromatic carbocycles. The molecule has 2 amide bonds. The summed E-state index contributed by atoms with van der Waals surface area (Å²) in [4.78, 5) is 28.8. The first-order valence-electron chi connectivity index (χ1n) is 7.92. The van der Waals surface area contributed by atoms with Gasteiger partial charge in [0.05, 0.1) is 0 Å². The van der Waals surface area contributed by atoms with Crippen molar-refractivity contribution >= 4 is 11.8 Å². The molecule has 1 rings (SSSR count). The number of carbonyl (C=O) groups is 2. The van der Waals surface area contributed by atoms with Crippen LogP contribution in [-0.4, -0.2) is 58.5 Å². The van der Waals surface area contributed by atoms with Crippen molar-refractivity contribution < 1.29 is 14.7 Å². The van der Waals surface area contributed by atoms with Crippen LogP contribution < -0.4 is 0 Å². The lowest BCUT2D eigenvalue weighted by Crippen LogP contribution is -2.52. The van der Waals surface area contributed by atoms with E-state index in [1.165, 1.54) is 0 Å². The molecular weight excluding hydrogens is 268 g/mol. The molecule has 0 spiro atoms. The Morgan fingerprint density at radius 2 is 1.95 bits per heavy atom. The molecule has 1 unspecified atom stereocenters. The predicted molar refractivity (Wildman–Crippen MR) is 82.7 cm³/mol. The number of nitrogens with zero attached hydrogens (tertiary/aromatic N) is 2. The van der Waals surface area contributed by atoms with Gasteiger partial charge in [0.25, 0.3) is 0 Å². The number of hydrogen-bond donors (Lipinski definition) is 1. The zero-order valence-corrected chi connectivity index (χ0v) is 14.1. The SMILES string of the molecule is CC(C)N(CCCO)C(=O)C1CCCN1C(=O)C(C)(C)C. The van der Waals surface area contributed by atoms with Crippen molar-refractivity contribution in [2.45, 2.75) is 66.0 Å². The molecule has 5 heteroatoms. The van der Waals surface area contributed by atoms with E-state index in [1.54, 1.807) is 9.80 Å². The zero-order valence-electron chi connectivity index (χ0n) is 14.1. The number of aliphatic hydroxyl groups excluding tert-OH is 1. The molecule has 122 valence electrons. The molecule has 0 aliphatic carbocycles. The lowest BCUT2D eigenvalue weighted by atomic mass is 9.94. The van der Waals surface area contributed by atoms with E-state index in [-0.39, 0.29) is 30.5 Å². The fraction of sp³-hybridized carbons (Fsp3) is 0.875. The van der Waals surface area contributed by atoms with Crippen LogP contribution in [-0.2, 0) is 9.59 Å². The first kappa shape index (κ1) is 18.0. The first-order chi connectivity index (χ1) is 9.70. The van der Waals surface area contributed by atoms with Crippen LogP contribution in [0.1, 0.15) is 53.9 Å². The predicted octanol–water partition coefficient (Wildman–Crippen LogP) is 1.64. The Morgan fingerprint density at radius 3 is 2.43 bits per heavy atom. The molecule has 0 bridgehead atoms. The van der Waals surface area contributed by atoms with E-state index < -0.39 is 5.41 Å². The Morgan fingerprint density at radius 1 is 1.33 bits per heavy atom. The first-order valence-corrected chi connectivity index (χ1v) is 7.92. The summed E-state index contributed by atoms with van der Waals surface area (Å²) in [6.45, 7) is 10.9. The van der Waals surface area contributed by atoms with Crippen molar-refractivity contribution in [2.24, 2.45) is 5.41 Å². The van der Waals surface area contributed by atoms with Gasteiger partial charge in [-0.05, 0) is 33.1 Å². The quantitative estimate of drug-likeness (QED) is 0.839. The highest BCUT2D eigenvalue weighted by Crippen LogP contribution is 2.27. The van der Waals surface area contributed by atoms with E-state index in [2.05, 4.69) is 0 Å². The van der Waals surface area contributed by atoms with Gasteiger partial charge in [0.15, 0.2) is 0 Å². The van der Waals surface area contributed by atoms with Crippen LogP contribution in [0.15, 0.2) is 0 Å². The van der Waals surface area contributed by atoms with Gasteiger partial charge in [-0.15, -0.1) is 0 Å². The Hall–Kier alpha value is -1.10. The van der Waals surface area contributed by atoms with Crippen LogP contribution in [0.25, 0.3) is 0 Å². The average molecular weight is 298 g/mol. The van der Waals surface area contributed by atoms with Crippen molar-refractivity contribution in [1.29, 1.82) is 0 Å². The van der Waals surface area contributed by atoms with Gasteiger partial charge in [-0.3, -0.25) is 9.59 Å². The van der Waals surface area contributed by atoms with Crippen molar-refractivity contribution in [3.05, 3.63) is 0 Å². The van der Waals surface area contributed by atoms with Gasteiger partial charge in [0.2, 0.25) is 11.8 Å². The second-order valence-corrected chi connectivity index (χ2v) is 7.11. The highest BCUT2D eigenvalue weighted by Gasteiger charge is 2.40. The van der Waals surface area contributed by atoms with E-state index in [4.69, 9.17) is 5.11 Å². The van der Waals surface area contributed by atoms with Gasteiger partial charge in [-0.1, -0.05) is 20.8 Å². The van der Waals surface area contributed by atoms with Crippen LogP contribution in [0.4, 0.5) is 0 Å². The lowest BCUT2D eigenvalue weighted by molar-refractivity contribution is -0.149. The number of amides is 2. The molecule has 1 aliphatic heterocycles. The number of aliphatic hydroxyl groups is 1. The van der Waals surface area contributed by atoms with Crippen LogP contribution >= 0.6 is 0 Å². The minimum atomic E-state index is -0.462. The maximum Gasteiger partial charge on any atom is 0.245 e. The van der Waals surface area contributed by atoms with Crippen molar-refractivity contribution in [1.82, 2.24) is 9.80 Å². The Kier molecular flexibility index (Phi) is 6.20. The molecule has 21 heavy (non-hydrogen) atoms. The van der Waals surface area contributed by atoms with Crippen molar-refractivity contribution in [3.8, 4) is 0 Å². The summed E-state index contributed by atoms with van der Waals surface area (Å²) in [5.41, 5.74) is -0.462. The highest BCUT2D eigenvalue weighted by molar-refractivity contribution is 5.90. The Balaban J connectivity index is 2.85. The third-order valence-electron chi connectivity index (χ3n) is 3.90. The molecule has 1 saturated heterocycles. The largest absolute Gasteiger partial charge is 0.396 e. The topological polar surface area (TPSA) is 60.9 Å². The van der Waals surface area contributed by atoms with Gasteiger partial charge < -0.3 is 14.9 Å². The van der Waals surface area contributed by atoms with E-state index in [0.29, 0.717) is 19.5 Å². The van der Waals surface area contributed by atoms with Crippen LogP contribution in [0.2, 0.25) is 0 Å². The molecule has 1 aliphatic rings. The Bertz CT molecular complexity index is 374. The molecule has 1 fully saturated rings. The maximum absolute atomic E-state index is 12.8. The van der Waals surface area contributed by atoms with Crippen LogP contribution in [0.3, 0.4) is 0 Å². The van der Waals surface area contributed by atoms with Gasteiger partial charge in [-0.25, -0.2) is 0 Å². The normalized spacial score (nSPS) is 19.2. The summed E-state index contributed by atoms with van der Waals surface area (Å²) in [6, 6.07) is -0.256. The number of likely N-dealkylation sites (tertiary alicyclic amines) is 1. The second-order valence-electron chi connectivity index (χ2n) is 7.11. The third-order valence-corrected chi connectivity index (χ3v) is 3.90. The summed E-state index contributed by atoms with van der Waals surface area (Å²) in [5, 5.41) is 8.99. The standard InChI is InChI=1S/C16H30N2O3/c1-12(2)17(10-7-11-19)14(20)13-8-6-9-18(13)15(21)16(3,4)5/h12-13,19H,6-11H2,1-5H3. The molecule has 1 atom stereocenters. The van der Waals surface area contributed by atoms with Crippen LogP contribution in [0, 0.1) is 5.41 Å². The highest BCUT2D eigenvalue weighted by atomic mass is 16.3. The fourth-order valence-electron chi connectivity index (χ4n) is 2.75. The zero-order chi connectivity index (χ0) is 16.2. The molecule has 1 N–H and O–H groups in total. The molecule has 1 heterocycles. The maximum atomic E-state index is 12.8. The van der Waals surface area contributed by atoms with Gasteiger partial charge in [0, 0.05) is 31.2 Å². The summed E-state index contributed by atoms with van der Waals surface area (Å²) in [5.74, 6) is 0.0674. The summed E-state index contributed by atoms with van der Waals surface area (Å²) >= 11 is 0. The summed E-state index contributed by atoms with van der Waals surface area (Å²) < 4.78 is 0. The molecular formula is C16H30N2O3. The molecule has 5 nitrogen and oxygen atoms in total. The van der Waals surface area contributed by atoms with E-state index >= 15 is 0 Å². The van der Waals surface area contributed by atoms with Gasteiger partial charge in [-0.2, -0.15) is 0 Å². The van der Waals surface area contributed by atoms with Crippen LogP contribution in [0.5, 0.6) is 0 Å². The molecule has 0 saturated carbocycles. The van der Waals surface area contributed by atoms with E-state index in [9.17, 15) is 9.59 Å². The minimum absolute atomic E-state index is 0.0218. The lowest BCUT2D eigenvalue weighted by Gasteiger charge is -2.35.